The van der Waals surface area contributed by atoms with Gasteiger partial charge in [-0.2, -0.15) is 0 Å². The van der Waals surface area contributed by atoms with Gasteiger partial charge in [0.2, 0.25) is 0 Å². The van der Waals surface area contributed by atoms with Crippen molar-refractivity contribution < 1.29 is 9.53 Å². The molecule has 0 radical (unpaired) electrons. The Kier molecular flexibility index (Phi) is 12.3. The van der Waals surface area contributed by atoms with E-state index < -0.39 is 0 Å². The van der Waals surface area contributed by atoms with Crippen LogP contribution in [0.25, 0.3) is 0 Å². The molecule has 0 amide bonds. The molecular weight excluding hydrogens is 272 g/mol. The lowest BCUT2D eigenvalue weighted by molar-refractivity contribution is -0.136. The molecule has 0 spiro atoms. The lowest BCUT2D eigenvalue weighted by Crippen LogP contribution is -2.04. The lowest BCUT2D eigenvalue weighted by atomic mass is 9.91. The van der Waals surface area contributed by atoms with E-state index in [0.29, 0.717) is 5.57 Å². The topological polar surface area (TPSA) is 26.3 Å². The van der Waals surface area contributed by atoms with Crippen molar-refractivity contribution in [2.45, 2.75) is 85.5 Å². The third kappa shape index (κ3) is 11.8. The van der Waals surface area contributed by atoms with Gasteiger partial charge in [0.05, 0.1) is 7.11 Å². The molecule has 0 bridgehead atoms. The van der Waals surface area contributed by atoms with Crippen molar-refractivity contribution in [2.75, 3.05) is 7.11 Å². The quantitative estimate of drug-likeness (QED) is 0.301. The Balaban J connectivity index is 3.58. The second-order valence-corrected chi connectivity index (χ2v) is 7.45. The van der Waals surface area contributed by atoms with Gasteiger partial charge in [0.25, 0.3) is 0 Å². The van der Waals surface area contributed by atoms with Gasteiger partial charge in [-0.05, 0) is 30.6 Å². The van der Waals surface area contributed by atoms with Crippen molar-refractivity contribution in [3.8, 4) is 0 Å². The monoisotopic (exact) mass is 310 g/mol. The van der Waals surface area contributed by atoms with E-state index in [-0.39, 0.29) is 5.97 Å². The Hall–Kier alpha value is -0.790. The summed E-state index contributed by atoms with van der Waals surface area (Å²) >= 11 is 0. The molecule has 0 saturated carbocycles. The molecule has 22 heavy (non-hydrogen) atoms. The Bertz CT molecular complexity index is 307. The van der Waals surface area contributed by atoms with Gasteiger partial charge in [-0.25, -0.2) is 4.79 Å². The van der Waals surface area contributed by atoms with E-state index in [1.54, 1.807) is 0 Å². The van der Waals surface area contributed by atoms with E-state index in [1.807, 2.05) is 0 Å². The lowest BCUT2D eigenvalue weighted by Gasteiger charge is -2.15. The Morgan fingerprint density at radius 3 is 1.77 bits per heavy atom. The summed E-state index contributed by atoms with van der Waals surface area (Å²) in [7, 11) is 1.42. The van der Waals surface area contributed by atoms with Gasteiger partial charge in [-0.15, -0.1) is 0 Å². The van der Waals surface area contributed by atoms with Crippen LogP contribution in [0, 0.1) is 17.8 Å². The van der Waals surface area contributed by atoms with Crippen LogP contribution in [0.2, 0.25) is 0 Å². The summed E-state index contributed by atoms with van der Waals surface area (Å²) in [4.78, 5) is 11.2. The minimum Gasteiger partial charge on any atom is -0.466 e. The van der Waals surface area contributed by atoms with E-state index >= 15 is 0 Å². The fourth-order valence-electron chi connectivity index (χ4n) is 2.89. The van der Waals surface area contributed by atoms with Crippen LogP contribution in [0.4, 0.5) is 0 Å². The molecule has 0 aliphatic rings. The van der Waals surface area contributed by atoms with E-state index in [1.165, 1.54) is 52.1 Å². The van der Waals surface area contributed by atoms with Gasteiger partial charge < -0.3 is 4.74 Å². The first kappa shape index (κ1) is 21.2. The first-order chi connectivity index (χ1) is 10.4. The molecule has 2 nitrogen and oxygen atoms in total. The molecule has 130 valence electrons. The van der Waals surface area contributed by atoms with Gasteiger partial charge in [0.15, 0.2) is 0 Å². The summed E-state index contributed by atoms with van der Waals surface area (Å²) in [6.07, 6.45) is 11.1. The zero-order valence-electron chi connectivity index (χ0n) is 15.6. The van der Waals surface area contributed by atoms with Crippen LogP contribution in [0.1, 0.15) is 85.5 Å². The van der Waals surface area contributed by atoms with Crippen LogP contribution in [-0.2, 0) is 9.53 Å². The number of ether oxygens (including phenoxy) is 1. The third-order valence-corrected chi connectivity index (χ3v) is 4.52. The van der Waals surface area contributed by atoms with Crippen LogP contribution in [-0.4, -0.2) is 13.1 Å². The zero-order valence-corrected chi connectivity index (χ0v) is 15.6. The van der Waals surface area contributed by atoms with Crippen molar-refractivity contribution in [3.05, 3.63) is 12.2 Å². The number of carbonyl (C=O) groups is 1. The average molecular weight is 311 g/mol. The third-order valence-electron chi connectivity index (χ3n) is 4.52. The Labute approximate surface area is 138 Å². The van der Waals surface area contributed by atoms with Gasteiger partial charge in [-0.1, -0.05) is 79.2 Å². The van der Waals surface area contributed by atoms with Crippen LogP contribution < -0.4 is 0 Å². The van der Waals surface area contributed by atoms with Gasteiger partial charge in [0, 0.05) is 5.57 Å². The van der Waals surface area contributed by atoms with Gasteiger partial charge in [0.1, 0.15) is 0 Å². The molecular formula is C20H38O2. The highest BCUT2D eigenvalue weighted by Gasteiger charge is 2.09. The number of rotatable bonds is 13. The predicted molar refractivity (Wildman–Crippen MR) is 95.9 cm³/mol. The number of hydrogen-bond donors (Lipinski definition) is 0. The Morgan fingerprint density at radius 1 is 0.864 bits per heavy atom. The van der Waals surface area contributed by atoms with Crippen LogP contribution in [0.5, 0.6) is 0 Å². The summed E-state index contributed by atoms with van der Waals surface area (Å²) < 4.78 is 4.67. The second-order valence-electron chi connectivity index (χ2n) is 7.45. The fourth-order valence-corrected chi connectivity index (χ4v) is 2.89. The molecule has 0 fully saturated rings. The summed E-state index contributed by atoms with van der Waals surface area (Å²) in [6, 6.07) is 0. The summed E-state index contributed by atoms with van der Waals surface area (Å²) in [5, 5.41) is 0. The number of methoxy groups -OCH3 is 1. The maximum Gasteiger partial charge on any atom is 0.333 e. The van der Waals surface area contributed by atoms with E-state index in [9.17, 15) is 4.79 Å². The molecule has 0 N–H and O–H groups in total. The maximum atomic E-state index is 11.2. The molecule has 0 heterocycles. The fraction of sp³-hybridized carbons (Fsp3) is 0.850. The normalized spacial score (nSPS) is 13.9. The molecule has 0 rings (SSSR count). The molecule has 2 atom stereocenters. The van der Waals surface area contributed by atoms with Gasteiger partial charge in [-0.3, -0.25) is 0 Å². The van der Waals surface area contributed by atoms with Crippen LogP contribution >= 0.6 is 0 Å². The van der Waals surface area contributed by atoms with Gasteiger partial charge >= 0.3 is 5.97 Å². The molecule has 0 aliphatic carbocycles. The largest absolute Gasteiger partial charge is 0.466 e. The molecule has 2 unspecified atom stereocenters. The first-order valence-corrected chi connectivity index (χ1v) is 9.12. The molecule has 0 aromatic rings. The van der Waals surface area contributed by atoms with Crippen molar-refractivity contribution in [1.29, 1.82) is 0 Å². The number of esters is 1. The van der Waals surface area contributed by atoms with Crippen molar-refractivity contribution in [1.82, 2.24) is 0 Å². The van der Waals surface area contributed by atoms with Crippen LogP contribution in [0.3, 0.4) is 0 Å². The van der Waals surface area contributed by atoms with E-state index in [4.69, 9.17) is 0 Å². The highest BCUT2D eigenvalue weighted by atomic mass is 16.5. The summed E-state index contributed by atoms with van der Waals surface area (Å²) in [6.45, 7) is 13.1. The van der Waals surface area contributed by atoms with E-state index in [0.717, 1.165) is 30.6 Å². The summed E-state index contributed by atoms with van der Waals surface area (Å²) in [5.41, 5.74) is 0.605. The highest BCUT2D eigenvalue weighted by molar-refractivity contribution is 5.87. The van der Waals surface area contributed by atoms with Crippen LogP contribution in [0.15, 0.2) is 12.2 Å². The first-order valence-electron chi connectivity index (χ1n) is 9.12. The summed E-state index contributed by atoms with van der Waals surface area (Å²) in [5.74, 6) is 2.19. The number of carbonyl (C=O) groups excluding carboxylic acids is 1. The SMILES string of the molecule is C=C(CCCC(C)CCCC(C)CCCC(C)C)C(=O)OC. The molecule has 2 heteroatoms. The molecule has 0 aromatic carbocycles. The Morgan fingerprint density at radius 2 is 1.32 bits per heavy atom. The minimum atomic E-state index is -0.261. The predicted octanol–water partition coefficient (Wildman–Crippen LogP) is 6.15. The standard InChI is InChI=1S/C20H38O2/c1-16(2)10-7-11-17(3)12-8-13-18(4)14-9-15-19(5)20(21)22-6/h16-18H,5,7-15H2,1-4,6H3. The zero-order chi connectivity index (χ0) is 17.0. The smallest absolute Gasteiger partial charge is 0.333 e. The second kappa shape index (κ2) is 12.7. The number of hydrogen-bond acceptors (Lipinski definition) is 2. The van der Waals surface area contributed by atoms with Crippen molar-refractivity contribution >= 4 is 5.97 Å². The van der Waals surface area contributed by atoms with Crippen molar-refractivity contribution in [3.63, 3.8) is 0 Å². The molecule has 0 saturated heterocycles. The average Bonchev–Trinajstić information content (AvgIpc) is 2.45. The molecule has 0 aromatic heterocycles. The highest BCUT2D eigenvalue weighted by Crippen LogP contribution is 2.21. The maximum absolute atomic E-state index is 11.2. The van der Waals surface area contributed by atoms with E-state index in [2.05, 4.69) is 39.0 Å². The minimum absolute atomic E-state index is 0.261. The molecule has 0 aliphatic heterocycles. The van der Waals surface area contributed by atoms with Crippen molar-refractivity contribution in [2.24, 2.45) is 17.8 Å².